The van der Waals surface area contributed by atoms with Gasteiger partial charge in [0.2, 0.25) is 9.39 Å². The molecule has 0 amide bonds. The summed E-state index contributed by atoms with van der Waals surface area (Å²) in [5, 5.41) is 0. The maximum Gasteiger partial charge on any atom is 0.351 e. The zero-order valence-corrected chi connectivity index (χ0v) is 18.8. The van der Waals surface area contributed by atoms with Crippen molar-refractivity contribution >= 4 is 58.7 Å². The van der Waals surface area contributed by atoms with Gasteiger partial charge in [0.15, 0.2) is 0 Å². The average molecular weight is 474 g/mol. The van der Waals surface area contributed by atoms with E-state index in [1.807, 2.05) is 0 Å². The Morgan fingerprint density at radius 1 is 1.10 bits per heavy atom. The van der Waals surface area contributed by atoms with Gasteiger partial charge in [-0.1, -0.05) is 48.7 Å². The maximum absolute atomic E-state index is 13.0. The summed E-state index contributed by atoms with van der Waals surface area (Å²) in [4.78, 5) is 49.1. The highest BCUT2D eigenvalue weighted by molar-refractivity contribution is 6.67. The van der Waals surface area contributed by atoms with Crippen molar-refractivity contribution in [3.63, 3.8) is 0 Å². The van der Waals surface area contributed by atoms with Gasteiger partial charge in [-0.25, -0.2) is 4.79 Å². The van der Waals surface area contributed by atoms with Crippen molar-refractivity contribution in [1.29, 1.82) is 0 Å². The van der Waals surface area contributed by atoms with E-state index in [1.54, 1.807) is 20.8 Å². The zero-order valence-electron chi connectivity index (χ0n) is 16.5. The Hall–Kier alpha value is -1.25. The molecule has 2 fully saturated rings. The van der Waals surface area contributed by atoms with E-state index in [0.717, 1.165) is 7.11 Å². The number of hydrogen-bond donors (Lipinski definition) is 0. The van der Waals surface area contributed by atoms with Crippen LogP contribution < -0.4 is 0 Å². The molecular formula is C18H23Cl3O8. The first-order valence-electron chi connectivity index (χ1n) is 8.92. The Balaban J connectivity index is 2.14. The summed E-state index contributed by atoms with van der Waals surface area (Å²) in [5.41, 5.74) is -3.15. The molecule has 0 aromatic rings. The second-order valence-corrected chi connectivity index (χ2v) is 10.5. The van der Waals surface area contributed by atoms with Crippen LogP contribution in [0, 0.1) is 10.8 Å². The van der Waals surface area contributed by atoms with E-state index in [0.29, 0.717) is 6.42 Å². The van der Waals surface area contributed by atoms with Crippen LogP contribution in [-0.4, -0.2) is 53.1 Å². The summed E-state index contributed by atoms with van der Waals surface area (Å²) in [5.74, 6) is -2.83. The van der Waals surface area contributed by atoms with Crippen molar-refractivity contribution in [1.82, 2.24) is 0 Å². The second kappa shape index (κ2) is 8.12. The standard InChI is InChI=1S/C18H23Cl3O8/c1-15(2)16(3)5-6-17(15,29-13(16)24)14(25)28-10(7-11(22)26-4)8-12(23)27-9-18(19,20)21/h10H,5-9H2,1-4H3. The first kappa shape index (κ1) is 24.0. The summed E-state index contributed by atoms with van der Waals surface area (Å²) >= 11 is 16.6. The Bertz CT molecular complexity index is 716. The molecule has 2 bridgehead atoms. The molecular weight excluding hydrogens is 451 g/mol. The molecule has 0 aromatic heterocycles. The van der Waals surface area contributed by atoms with Gasteiger partial charge in [0.05, 0.1) is 25.4 Å². The monoisotopic (exact) mass is 472 g/mol. The number of esters is 4. The smallest absolute Gasteiger partial charge is 0.351 e. The van der Waals surface area contributed by atoms with Crippen molar-refractivity contribution in [3.05, 3.63) is 0 Å². The molecule has 0 aromatic carbocycles. The fraction of sp³-hybridized carbons (Fsp3) is 0.778. The molecule has 1 saturated carbocycles. The number of carbonyl (C=O) groups is 4. The molecule has 1 saturated heterocycles. The molecule has 0 N–H and O–H groups in total. The molecule has 29 heavy (non-hydrogen) atoms. The first-order valence-corrected chi connectivity index (χ1v) is 10.1. The van der Waals surface area contributed by atoms with E-state index in [1.165, 1.54) is 0 Å². The van der Waals surface area contributed by atoms with Gasteiger partial charge in [0, 0.05) is 5.41 Å². The summed E-state index contributed by atoms with van der Waals surface area (Å²) < 4.78 is 18.5. The van der Waals surface area contributed by atoms with E-state index in [4.69, 9.17) is 49.0 Å². The minimum Gasteiger partial charge on any atom is -0.469 e. The Morgan fingerprint density at radius 3 is 2.14 bits per heavy atom. The van der Waals surface area contributed by atoms with Gasteiger partial charge in [-0.05, 0) is 19.8 Å². The molecule has 1 aliphatic carbocycles. The van der Waals surface area contributed by atoms with Crippen molar-refractivity contribution in [3.8, 4) is 0 Å². The number of rotatable bonds is 7. The van der Waals surface area contributed by atoms with Crippen molar-refractivity contribution in [2.24, 2.45) is 10.8 Å². The number of methoxy groups -OCH3 is 1. The van der Waals surface area contributed by atoms with Gasteiger partial charge < -0.3 is 18.9 Å². The third-order valence-electron chi connectivity index (χ3n) is 6.10. The Morgan fingerprint density at radius 2 is 1.69 bits per heavy atom. The van der Waals surface area contributed by atoms with Crippen LogP contribution in [0.25, 0.3) is 0 Å². The van der Waals surface area contributed by atoms with Crippen LogP contribution in [0.15, 0.2) is 0 Å². The Kier molecular flexibility index (Phi) is 6.72. The van der Waals surface area contributed by atoms with Gasteiger partial charge in [-0.15, -0.1) is 0 Å². The summed E-state index contributed by atoms with van der Waals surface area (Å²) in [6.07, 6.45) is -1.32. The van der Waals surface area contributed by atoms with Crippen molar-refractivity contribution in [2.45, 2.75) is 62.0 Å². The molecule has 3 atom stereocenters. The molecule has 1 aliphatic heterocycles. The molecule has 164 valence electrons. The molecule has 11 heteroatoms. The van der Waals surface area contributed by atoms with Gasteiger partial charge >= 0.3 is 23.9 Å². The second-order valence-electron chi connectivity index (χ2n) is 7.96. The van der Waals surface area contributed by atoms with E-state index in [-0.39, 0.29) is 6.42 Å². The quantitative estimate of drug-likeness (QED) is 0.316. The number of halogens is 3. The largest absolute Gasteiger partial charge is 0.469 e. The van der Waals surface area contributed by atoms with Crippen LogP contribution in [0.2, 0.25) is 0 Å². The molecule has 3 unspecified atom stereocenters. The van der Waals surface area contributed by atoms with Gasteiger partial charge in [-0.3, -0.25) is 14.4 Å². The number of fused-ring (bicyclic) bond motifs is 2. The topological polar surface area (TPSA) is 105 Å². The van der Waals surface area contributed by atoms with Crippen LogP contribution in [0.5, 0.6) is 0 Å². The van der Waals surface area contributed by atoms with Crippen LogP contribution in [-0.2, 0) is 38.1 Å². The lowest BCUT2D eigenvalue weighted by molar-refractivity contribution is -0.189. The fourth-order valence-electron chi connectivity index (χ4n) is 3.78. The van der Waals surface area contributed by atoms with Crippen molar-refractivity contribution < 1.29 is 38.1 Å². The highest BCUT2D eigenvalue weighted by atomic mass is 35.6. The number of hydrogen-bond acceptors (Lipinski definition) is 8. The van der Waals surface area contributed by atoms with E-state index >= 15 is 0 Å². The first-order chi connectivity index (χ1) is 13.2. The van der Waals surface area contributed by atoms with E-state index in [9.17, 15) is 19.2 Å². The molecule has 0 radical (unpaired) electrons. The van der Waals surface area contributed by atoms with Gasteiger partial charge in [-0.2, -0.15) is 0 Å². The lowest BCUT2D eigenvalue weighted by Gasteiger charge is -2.35. The Labute approximate surface area is 183 Å². The predicted molar refractivity (Wildman–Crippen MR) is 102 cm³/mol. The number of carbonyl (C=O) groups excluding carboxylic acids is 4. The summed E-state index contributed by atoms with van der Waals surface area (Å²) in [6, 6.07) is 0. The maximum atomic E-state index is 13.0. The van der Waals surface area contributed by atoms with Crippen LogP contribution in [0.1, 0.15) is 46.5 Å². The van der Waals surface area contributed by atoms with Crippen LogP contribution >= 0.6 is 34.8 Å². The lowest BCUT2D eigenvalue weighted by atomic mass is 9.66. The third kappa shape index (κ3) is 4.44. The van der Waals surface area contributed by atoms with Gasteiger partial charge in [0.25, 0.3) is 0 Å². The molecule has 0 spiro atoms. The summed E-state index contributed by atoms with van der Waals surface area (Å²) in [6.45, 7) is 4.76. The lowest BCUT2D eigenvalue weighted by Crippen LogP contribution is -2.50. The molecule has 2 aliphatic rings. The van der Waals surface area contributed by atoms with E-state index < -0.39 is 69.7 Å². The third-order valence-corrected chi connectivity index (χ3v) is 6.43. The van der Waals surface area contributed by atoms with Crippen LogP contribution in [0.4, 0.5) is 0 Å². The fourth-order valence-corrected chi connectivity index (χ4v) is 3.94. The molecule has 2 rings (SSSR count). The number of alkyl halides is 3. The SMILES string of the molecule is COC(=O)CC(CC(=O)OCC(Cl)(Cl)Cl)OC(=O)C12CCC(C)(C(=O)O1)C2(C)C. The highest BCUT2D eigenvalue weighted by Crippen LogP contribution is 2.65. The highest BCUT2D eigenvalue weighted by Gasteiger charge is 2.76. The van der Waals surface area contributed by atoms with Gasteiger partial charge in [0.1, 0.15) is 12.7 Å². The zero-order chi connectivity index (χ0) is 22.3. The normalized spacial score (nSPS) is 28.4. The minimum absolute atomic E-state index is 0.281. The summed E-state index contributed by atoms with van der Waals surface area (Å²) in [7, 11) is 1.16. The molecule has 8 nitrogen and oxygen atoms in total. The van der Waals surface area contributed by atoms with E-state index in [2.05, 4.69) is 4.74 Å². The predicted octanol–water partition coefficient (Wildman–Crippen LogP) is 2.89. The molecule has 1 heterocycles. The minimum atomic E-state index is -1.81. The average Bonchev–Trinajstić information content (AvgIpc) is 2.89. The van der Waals surface area contributed by atoms with Crippen LogP contribution in [0.3, 0.4) is 0 Å². The van der Waals surface area contributed by atoms with Crippen molar-refractivity contribution in [2.75, 3.05) is 13.7 Å². The number of ether oxygens (including phenoxy) is 4.